The molecule has 1 aromatic heterocycles. The average molecular weight is 266 g/mol. The molecule has 0 spiro atoms. The molecule has 0 aliphatic rings. The summed E-state index contributed by atoms with van der Waals surface area (Å²) in [7, 11) is 1.75. The third-order valence-corrected chi connectivity index (χ3v) is 2.73. The van der Waals surface area contributed by atoms with Gasteiger partial charge in [0, 0.05) is 12.7 Å². The molecule has 0 radical (unpaired) electrons. The van der Waals surface area contributed by atoms with Crippen molar-refractivity contribution in [1.29, 1.82) is 5.26 Å². The molecule has 0 saturated carbocycles. The molecular weight excluding hydrogens is 252 g/mol. The van der Waals surface area contributed by atoms with Crippen molar-refractivity contribution in [2.24, 2.45) is 0 Å². The van der Waals surface area contributed by atoms with Crippen molar-refractivity contribution >= 4 is 17.4 Å². The first kappa shape index (κ1) is 13.6. The van der Waals surface area contributed by atoms with Gasteiger partial charge in [0.2, 0.25) is 0 Å². The predicted molar refractivity (Wildman–Crippen MR) is 77.5 cm³/mol. The fourth-order valence-electron chi connectivity index (χ4n) is 1.69. The molecule has 0 aliphatic carbocycles. The number of hydrogen-bond acceptors (Lipinski definition) is 4. The van der Waals surface area contributed by atoms with Crippen LogP contribution < -0.4 is 10.6 Å². The van der Waals surface area contributed by atoms with Gasteiger partial charge < -0.3 is 10.6 Å². The van der Waals surface area contributed by atoms with Crippen LogP contribution in [0.2, 0.25) is 0 Å². The highest BCUT2D eigenvalue weighted by molar-refractivity contribution is 6.03. The Bertz CT molecular complexity index is 644. The second-order valence-electron chi connectivity index (χ2n) is 4.14. The number of pyridine rings is 1. The van der Waals surface area contributed by atoms with Gasteiger partial charge in [-0.1, -0.05) is 18.2 Å². The topological polar surface area (TPSA) is 77.8 Å². The summed E-state index contributed by atoms with van der Waals surface area (Å²) < 4.78 is 0. The van der Waals surface area contributed by atoms with E-state index in [2.05, 4.69) is 21.7 Å². The number of rotatable bonds is 4. The van der Waals surface area contributed by atoms with Crippen molar-refractivity contribution in [1.82, 2.24) is 4.98 Å². The number of benzene rings is 1. The maximum absolute atomic E-state index is 12.0. The number of aromatic nitrogens is 1. The van der Waals surface area contributed by atoms with E-state index in [0.717, 1.165) is 5.56 Å². The van der Waals surface area contributed by atoms with E-state index in [-0.39, 0.29) is 5.91 Å². The number of hydrogen-bond donors (Lipinski definition) is 2. The molecule has 2 aromatic rings. The molecule has 2 N–H and O–H groups in total. The van der Waals surface area contributed by atoms with Gasteiger partial charge in [-0.15, -0.1) is 0 Å². The first-order chi connectivity index (χ1) is 9.72. The largest absolute Gasteiger partial charge is 0.373 e. The summed E-state index contributed by atoms with van der Waals surface area (Å²) in [6.45, 7) is 0. The van der Waals surface area contributed by atoms with Crippen molar-refractivity contribution in [2.75, 3.05) is 17.7 Å². The second kappa shape index (κ2) is 6.34. The van der Waals surface area contributed by atoms with E-state index in [0.29, 0.717) is 23.6 Å². The number of nitriles is 1. The molecular formula is C15H14N4O. The SMILES string of the molecule is CNc1cccc(C(=O)Nc2ccc(CC#N)cc2)n1. The summed E-state index contributed by atoms with van der Waals surface area (Å²) in [6, 6.07) is 14.5. The molecule has 5 nitrogen and oxygen atoms in total. The zero-order valence-electron chi connectivity index (χ0n) is 11.1. The van der Waals surface area contributed by atoms with Gasteiger partial charge in [-0.3, -0.25) is 4.79 Å². The Hall–Kier alpha value is -2.87. The summed E-state index contributed by atoms with van der Waals surface area (Å²) in [5.74, 6) is 0.372. The highest BCUT2D eigenvalue weighted by Crippen LogP contribution is 2.12. The van der Waals surface area contributed by atoms with Gasteiger partial charge in [-0.2, -0.15) is 5.26 Å². The summed E-state index contributed by atoms with van der Waals surface area (Å²) in [5, 5.41) is 14.3. The van der Waals surface area contributed by atoms with E-state index < -0.39 is 0 Å². The van der Waals surface area contributed by atoms with E-state index >= 15 is 0 Å². The number of carbonyl (C=O) groups is 1. The molecule has 20 heavy (non-hydrogen) atoms. The Morgan fingerprint density at radius 2 is 2.00 bits per heavy atom. The average Bonchev–Trinajstić information content (AvgIpc) is 2.49. The van der Waals surface area contributed by atoms with Crippen molar-refractivity contribution in [3.05, 3.63) is 53.7 Å². The number of nitrogens with zero attached hydrogens (tertiary/aromatic N) is 2. The lowest BCUT2D eigenvalue weighted by atomic mass is 10.1. The van der Waals surface area contributed by atoms with Crippen LogP contribution >= 0.6 is 0 Å². The number of anilines is 2. The molecule has 0 bridgehead atoms. The van der Waals surface area contributed by atoms with E-state index in [1.54, 1.807) is 37.4 Å². The molecule has 0 fully saturated rings. The summed E-state index contributed by atoms with van der Waals surface area (Å²) in [4.78, 5) is 16.2. The normalized spacial score (nSPS) is 9.60. The van der Waals surface area contributed by atoms with Crippen molar-refractivity contribution < 1.29 is 4.79 Å². The van der Waals surface area contributed by atoms with Crippen molar-refractivity contribution in [2.45, 2.75) is 6.42 Å². The first-order valence-corrected chi connectivity index (χ1v) is 6.15. The summed E-state index contributed by atoms with van der Waals surface area (Å²) in [6.07, 6.45) is 0.361. The molecule has 100 valence electrons. The summed E-state index contributed by atoms with van der Waals surface area (Å²) >= 11 is 0. The lowest BCUT2D eigenvalue weighted by molar-refractivity contribution is 0.102. The van der Waals surface area contributed by atoms with Gasteiger partial charge >= 0.3 is 0 Å². The Morgan fingerprint density at radius 3 is 2.65 bits per heavy atom. The third kappa shape index (κ3) is 3.33. The number of carbonyl (C=O) groups excluding carboxylic acids is 1. The van der Waals surface area contributed by atoms with Crippen LogP contribution in [0.4, 0.5) is 11.5 Å². The molecule has 1 heterocycles. The van der Waals surface area contributed by atoms with Crippen LogP contribution in [-0.2, 0) is 6.42 Å². The van der Waals surface area contributed by atoms with Gasteiger partial charge in [0.1, 0.15) is 11.5 Å². The third-order valence-electron chi connectivity index (χ3n) is 2.73. The van der Waals surface area contributed by atoms with Crippen LogP contribution in [0.5, 0.6) is 0 Å². The van der Waals surface area contributed by atoms with E-state index in [1.165, 1.54) is 0 Å². The van der Waals surface area contributed by atoms with E-state index in [4.69, 9.17) is 5.26 Å². The molecule has 0 atom stereocenters. The lowest BCUT2D eigenvalue weighted by Gasteiger charge is -2.06. The Labute approximate surface area is 117 Å². The van der Waals surface area contributed by atoms with Crippen LogP contribution in [0, 0.1) is 11.3 Å². The maximum atomic E-state index is 12.0. The van der Waals surface area contributed by atoms with E-state index in [1.807, 2.05) is 12.1 Å². The molecule has 0 unspecified atom stereocenters. The maximum Gasteiger partial charge on any atom is 0.274 e. The fraction of sp³-hybridized carbons (Fsp3) is 0.133. The number of nitrogens with one attached hydrogen (secondary N) is 2. The van der Waals surface area contributed by atoms with Crippen LogP contribution in [0.15, 0.2) is 42.5 Å². The van der Waals surface area contributed by atoms with Gasteiger partial charge in [-0.05, 0) is 29.8 Å². The molecule has 0 aliphatic heterocycles. The van der Waals surface area contributed by atoms with Crippen molar-refractivity contribution in [3.63, 3.8) is 0 Å². The zero-order valence-corrected chi connectivity index (χ0v) is 11.1. The van der Waals surface area contributed by atoms with Gasteiger partial charge in [0.25, 0.3) is 5.91 Å². The standard InChI is InChI=1S/C15H14N4O/c1-17-14-4-2-3-13(19-14)15(20)18-12-7-5-11(6-8-12)9-10-16/h2-8H,9H2,1H3,(H,17,19)(H,18,20). The van der Waals surface area contributed by atoms with Crippen LogP contribution in [0.1, 0.15) is 16.1 Å². The predicted octanol–water partition coefficient (Wildman–Crippen LogP) is 2.44. The fourth-order valence-corrected chi connectivity index (χ4v) is 1.69. The lowest BCUT2D eigenvalue weighted by Crippen LogP contribution is -2.14. The monoisotopic (exact) mass is 266 g/mol. The first-order valence-electron chi connectivity index (χ1n) is 6.15. The van der Waals surface area contributed by atoms with Crippen LogP contribution in [0.3, 0.4) is 0 Å². The summed E-state index contributed by atoms with van der Waals surface area (Å²) in [5.41, 5.74) is 1.94. The second-order valence-corrected chi connectivity index (χ2v) is 4.14. The Kier molecular flexibility index (Phi) is 4.30. The van der Waals surface area contributed by atoms with Gasteiger partial charge in [0.15, 0.2) is 0 Å². The minimum Gasteiger partial charge on any atom is -0.373 e. The van der Waals surface area contributed by atoms with Crippen LogP contribution in [-0.4, -0.2) is 17.9 Å². The zero-order chi connectivity index (χ0) is 14.4. The van der Waals surface area contributed by atoms with Crippen molar-refractivity contribution in [3.8, 4) is 6.07 Å². The highest BCUT2D eigenvalue weighted by atomic mass is 16.1. The quantitative estimate of drug-likeness (QED) is 0.891. The molecule has 1 amide bonds. The smallest absolute Gasteiger partial charge is 0.274 e. The Morgan fingerprint density at radius 1 is 1.25 bits per heavy atom. The minimum absolute atomic E-state index is 0.268. The number of amides is 1. The van der Waals surface area contributed by atoms with Gasteiger partial charge in [-0.25, -0.2) is 4.98 Å². The highest BCUT2D eigenvalue weighted by Gasteiger charge is 2.08. The minimum atomic E-state index is -0.268. The molecule has 2 rings (SSSR count). The van der Waals surface area contributed by atoms with Crippen LogP contribution in [0.25, 0.3) is 0 Å². The molecule has 0 saturated heterocycles. The molecule has 1 aromatic carbocycles. The van der Waals surface area contributed by atoms with E-state index in [9.17, 15) is 4.79 Å². The molecule has 5 heteroatoms. The Balaban J connectivity index is 2.09. The van der Waals surface area contributed by atoms with Gasteiger partial charge in [0.05, 0.1) is 12.5 Å².